The summed E-state index contributed by atoms with van der Waals surface area (Å²) in [6.07, 6.45) is 3.75. The highest BCUT2D eigenvalue weighted by atomic mass is 16.6. The largest absolute Gasteiger partial charge is 0.459 e. The van der Waals surface area contributed by atoms with Gasteiger partial charge in [0.15, 0.2) is 11.6 Å². The van der Waals surface area contributed by atoms with Gasteiger partial charge in [-0.05, 0) is 83.7 Å². The molecule has 10 nitrogen and oxygen atoms in total. The highest BCUT2D eigenvalue weighted by Crippen LogP contribution is 2.44. The summed E-state index contributed by atoms with van der Waals surface area (Å²) in [5.41, 5.74) is 7.36. The molecule has 2 unspecified atom stereocenters. The molecule has 0 saturated carbocycles. The van der Waals surface area contributed by atoms with Gasteiger partial charge in [-0.1, -0.05) is 99.8 Å². The predicted molar refractivity (Wildman–Crippen MR) is 226 cm³/mol. The van der Waals surface area contributed by atoms with E-state index in [0.717, 1.165) is 11.1 Å². The number of esters is 4. The van der Waals surface area contributed by atoms with Crippen molar-refractivity contribution in [1.29, 1.82) is 0 Å². The van der Waals surface area contributed by atoms with Crippen LogP contribution >= 0.6 is 0 Å². The van der Waals surface area contributed by atoms with Gasteiger partial charge in [0.2, 0.25) is 0 Å². The lowest BCUT2D eigenvalue weighted by Crippen LogP contribution is -2.19. The van der Waals surface area contributed by atoms with E-state index < -0.39 is 35.7 Å². The summed E-state index contributed by atoms with van der Waals surface area (Å²) in [4.78, 5) is 77.9. The maximum absolute atomic E-state index is 14.3. The molecule has 0 fully saturated rings. The van der Waals surface area contributed by atoms with Gasteiger partial charge in [0.25, 0.3) is 0 Å². The number of ether oxygens (including phenoxy) is 4. The molecule has 4 aromatic carbocycles. The number of ketones is 2. The van der Waals surface area contributed by atoms with Crippen LogP contribution in [0, 0.1) is 0 Å². The summed E-state index contributed by atoms with van der Waals surface area (Å²) in [6.45, 7) is 13.4. The van der Waals surface area contributed by atoms with Gasteiger partial charge in [-0.25, -0.2) is 19.2 Å². The van der Waals surface area contributed by atoms with E-state index in [1.807, 2.05) is 74.5 Å². The molecule has 0 radical (unpaired) electrons. The molecule has 0 aromatic heterocycles. The van der Waals surface area contributed by atoms with Crippen LogP contribution in [0.5, 0.6) is 0 Å². The number of carbonyl (C=O) groups excluding carboxylic acids is 6. The molecule has 0 N–H and O–H groups in total. The number of rotatable bonds is 14. The van der Waals surface area contributed by atoms with E-state index in [9.17, 15) is 28.8 Å². The third kappa shape index (κ3) is 9.23. The summed E-state index contributed by atoms with van der Waals surface area (Å²) in [6, 6.07) is 28.4. The molecule has 304 valence electrons. The fourth-order valence-corrected chi connectivity index (χ4v) is 7.01. The number of hydrogen-bond donors (Lipinski definition) is 0. The molecular formula is C50H44O10. The molecule has 6 rings (SSSR count). The standard InChI is InChI=1S/C50H44O10/c1-29(2)47(53)57-21-23-59-49(55)35-15-11-13-33(25-35)31(5)41-27-43(37-17-7-9-19-39(37)45(41)51)44-28-42(46(52)40-20-10-8-18-38(40)44)32(6)34-14-12-16-36(26-34)50(56)60-24-22-58-48(54)30(3)4/h7-20,25-28,31-32H,1,3,21-24H2,2,4-6H3/b44-43+. The molecule has 0 bridgehead atoms. The minimum absolute atomic E-state index is 0.117. The Morgan fingerprint density at radius 1 is 0.500 bits per heavy atom. The predicted octanol–water partition coefficient (Wildman–Crippen LogP) is 9.00. The van der Waals surface area contributed by atoms with Gasteiger partial charge in [0.1, 0.15) is 26.4 Å². The average molecular weight is 805 g/mol. The molecule has 0 aliphatic heterocycles. The van der Waals surface area contributed by atoms with Crippen molar-refractivity contribution < 1.29 is 47.7 Å². The molecule has 0 spiro atoms. The zero-order chi connectivity index (χ0) is 43.1. The van der Waals surface area contributed by atoms with Crippen molar-refractivity contribution in [2.24, 2.45) is 0 Å². The molecular weight excluding hydrogens is 761 g/mol. The molecule has 0 heterocycles. The molecule has 0 saturated heterocycles. The summed E-state index contributed by atoms with van der Waals surface area (Å²) in [5.74, 6) is -3.61. The van der Waals surface area contributed by atoms with E-state index in [1.54, 1.807) is 48.5 Å². The van der Waals surface area contributed by atoms with Crippen LogP contribution in [-0.4, -0.2) is 61.9 Å². The highest BCUT2D eigenvalue weighted by molar-refractivity contribution is 6.24. The lowest BCUT2D eigenvalue weighted by atomic mass is 9.74. The van der Waals surface area contributed by atoms with Gasteiger partial charge < -0.3 is 18.9 Å². The normalized spacial score (nSPS) is 15.3. The first kappa shape index (κ1) is 42.4. The van der Waals surface area contributed by atoms with E-state index in [4.69, 9.17) is 18.9 Å². The van der Waals surface area contributed by atoms with Gasteiger partial charge in [-0.2, -0.15) is 0 Å². The minimum Gasteiger partial charge on any atom is -0.459 e. The number of hydrogen-bond acceptors (Lipinski definition) is 10. The van der Waals surface area contributed by atoms with Gasteiger partial charge in [0.05, 0.1) is 11.1 Å². The zero-order valence-corrected chi connectivity index (χ0v) is 33.9. The second-order valence-corrected chi connectivity index (χ2v) is 14.6. The lowest BCUT2D eigenvalue weighted by molar-refractivity contribution is -0.140. The quantitative estimate of drug-likeness (QED) is 0.0525. The first-order chi connectivity index (χ1) is 28.8. The monoisotopic (exact) mass is 804 g/mol. The van der Waals surface area contributed by atoms with Crippen LogP contribution in [0.2, 0.25) is 0 Å². The summed E-state index contributed by atoms with van der Waals surface area (Å²) < 4.78 is 20.7. The highest BCUT2D eigenvalue weighted by Gasteiger charge is 2.33. The smallest absolute Gasteiger partial charge is 0.338 e. The van der Waals surface area contributed by atoms with Crippen LogP contribution in [0.15, 0.2) is 145 Å². The first-order valence-corrected chi connectivity index (χ1v) is 19.4. The van der Waals surface area contributed by atoms with Crippen LogP contribution in [0.3, 0.4) is 0 Å². The SMILES string of the molecule is C=C(C)C(=O)OCCOC(=O)c1cccc(C(C)C2=C/C(=C3/C=C(C(C)c4cccc(C(=O)OCCOC(=O)C(=C)C)c4)C(=O)c4ccccc43)c3ccccc3C2=O)c1. The number of benzene rings is 4. The second-order valence-electron chi connectivity index (χ2n) is 14.6. The Morgan fingerprint density at radius 3 is 1.22 bits per heavy atom. The fraction of sp³-hybridized carbons (Fsp3) is 0.200. The van der Waals surface area contributed by atoms with Gasteiger partial charge in [-0.15, -0.1) is 0 Å². The Kier molecular flexibility index (Phi) is 13.1. The fourth-order valence-electron chi connectivity index (χ4n) is 7.01. The molecule has 10 heteroatoms. The Balaban J connectivity index is 1.34. The number of fused-ring (bicyclic) bond motifs is 2. The summed E-state index contributed by atoms with van der Waals surface area (Å²) >= 11 is 0. The number of allylic oxidation sites excluding steroid dienone is 6. The Morgan fingerprint density at radius 2 is 0.850 bits per heavy atom. The van der Waals surface area contributed by atoms with Crippen molar-refractivity contribution in [2.45, 2.75) is 39.5 Å². The Hall–Kier alpha value is -7.20. The molecule has 4 aromatic rings. The van der Waals surface area contributed by atoms with Crippen LogP contribution in [0.25, 0.3) is 11.1 Å². The van der Waals surface area contributed by atoms with Crippen molar-refractivity contribution >= 4 is 46.6 Å². The minimum atomic E-state index is -0.605. The topological polar surface area (TPSA) is 139 Å². The van der Waals surface area contributed by atoms with E-state index >= 15 is 0 Å². The maximum Gasteiger partial charge on any atom is 0.338 e. The summed E-state index contributed by atoms with van der Waals surface area (Å²) in [7, 11) is 0. The zero-order valence-electron chi connectivity index (χ0n) is 33.9. The van der Waals surface area contributed by atoms with Crippen molar-refractivity contribution in [3.05, 3.63) is 189 Å². The molecule has 2 atom stereocenters. The van der Waals surface area contributed by atoms with E-state index in [2.05, 4.69) is 13.2 Å². The molecule has 0 amide bonds. The Labute approximate surface area is 348 Å². The Bertz CT molecular complexity index is 2370. The van der Waals surface area contributed by atoms with Gasteiger partial charge in [-0.3, -0.25) is 9.59 Å². The second kappa shape index (κ2) is 18.6. The van der Waals surface area contributed by atoms with Gasteiger partial charge in [0, 0.05) is 45.3 Å². The van der Waals surface area contributed by atoms with Crippen LogP contribution in [-0.2, 0) is 28.5 Å². The molecule has 60 heavy (non-hydrogen) atoms. The van der Waals surface area contributed by atoms with Crippen molar-refractivity contribution in [1.82, 2.24) is 0 Å². The van der Waals surface area contributed by atoms with Crippen LogP contribution < -0.4 is 0 Å². The van der Waals surface area contributed by atoms with Crippen molar-refractivity contribution in [3.63, 3.8) is 0 Å². The first-order valence-electron chi connectivity index (χ1n) is 19.4. The van der Waals surface area contributed by atoms with Crippen molar-refractivity contribution in [2.75, 3.05) is 26.4 Å². The average Bonchev–Trinajstić information content (AvgIpc) is 3.26. The van der Waals surface area contributed by atoms with E-state index in [1.165, 1.54) is 13.8 Å². The van der Waals surface area contributed by atoms with Crippen LogP contribution in [0.4, 0.5) is 0 Å². The van der Waals surface area contributed by atoms with E-state index in [0.29, 0.717) is 44.5 Å². The summed E-state index contributed by atoms with van der Waals surface area (Å²) in [5, 5.41) is 0. The van der Waals surface area contributed by atoms with Crippen LogP contribution in [0.1, 0.15) is 103 Å². The van der Waals surface area contributed by atoms with Crippen molar-refractivity contribution in [3.8, 4) is 0 Å². The third-order valence-corrected chi connectivity index (χ3v) is 10.3. The third-order valence-electron chi connectivity index (χ3n) is 10.3. The lowest BCUT2D eigenvalue weighted by Gasteiger charge is -2.28. The van der Waals surface area contributed by atoms with E-state index in [-0.39, 0.29) is 60.3 Å². The molecule has 2 aliphatic carbocycles. The molecule has 2 aliphatic rings. The number of Topliss-reactive ketones (excluding diaryl/α,β-unsaturated/α-hetero) is 2. The maximum atomic E-state index is 14.3. The van der Waals surface area contributed by atoms with Gasteiger partial charge >= 0.3 is 23.9 Å². The number of carbonyl (C=O) groups is 6.